The lowest BCUT2D eigenvalue weighted by molar-refractivity contribution is -0.254. The molecular weight excluding hydrogens is 496 g/mol. The van der Waals surface area contributed by atoms with E-state index in [1.54, 1.807) is 13.2 Å². The van der Waals surface area contributed by atoms with E-state index in [0.717, 1.165) is 53.3 Å². The summed E-state index contributed by atoms with van der Waals surface area (Å²) >= 11 is 0. The molecule has 5 heteroatoms. The molecule has 5 nitrogen and oxygen atoms in total. The predicted octanol–water partition coefficient (Wildman–Crippen LogP) is 6.80. The Morgan fingerprint density at radius 1 is 0.925 bits per heavy atom. The van der Waals surface area contributed by atoms with E-state index in [4.69, 9.17) is 4.74 Å². The van der Waals surface area contributed by atoms with Crippen LogP contribution in [0, 0.1) is 5.92 Å². The Kier molecular flexibility index (Phi) is 8.37. The minimum Gasteiger partial charge on any atom is -0.545 e. The van der Waals surface area contributed by atoms with Gasteiger partial charge in [0.1, 0.15) is 5.75 Å². The van der Waals surface area contributed by atoms with E-state index in [-0.39, 0.29) is 22.4 Å². The Labute approximate surface area is 240 Å². The van der Waals surface area contributed by atoms with E-state index < -0.39 is 5.97 Å². The third-order valence-corrected chi connectivity index (χ3v) is 8.16. The summed E-state index contributed by atoms with van der Waals surface area (Å²) in [6.45, 7) is 17.3. The highest BCUT2D eigenvalue weighted by Gasteiger charge is 2.33. The number of anilines is 2. The van der Waals surface area contributed by atoms with Gasteiger partial charge in [-0.05, 0) is 95.4 Å². The topological polar surface area (TPSA) is 55.8 Å². The van der Waals surface area contributed by atoms with Crippen molar-refractivity contribution in [2.24, 2.45) is 5.92 Å². The number of methoxy groups -OCH3 is 1. The van der Waals surface area contributed by atoms with E-state index in [1.807, 2.05) is 12.1 Å². The molecule has 3 aromatic rings. The van der Waals surface area contributed by atoms with Crippen LogP contribution in [0.4, 0.5) is 11.4 Å². The standard InChI is InChI=1S/C35H46N2O3/c1-23-22-36(8)18-17-31(23)37(24-13-11-10-12-14-24)25-15-16-27(33(38)39)28(19-25)32-29(34(2,3)4)20-26(40-9)21-30(32)35(5,6)7/h10-16,19-21,23,31H,17-18,22H2,1-9H3,(H,38,39)/p-1. The van der Waals surface area contributed by atoms with E-state index in [9.17, 15) is 9.90 Å². The summed E-state index contributed by atoms with van der Waals surface area (Å²) in [7, 11) is 3.86. The molecule has 3 aromatic carbocycles. The number of benzene rings is 3. The molecule has 0 saturated carbocycles. The number of hydrogen-bond acceptors (Lipinski definition) is 5. The van der Waals surface area contributed by atoms with E-state index in [1.165, 1.54) is 0 Å². The van der Waals surface area contributed by atoms with Crippen molar-refractivity contribution in [3.8, 4) is 16.9 Å². The van der Waals surface area contributed by atoms with Crippen molar-refractivity contribution in [3.63, 3.8) is 0 Å². The fraction of sp³-hybridized carbons (Fsp3) is 0.457. The number of ether oxygens (including phenoxy) is 1. The number of likely N-dealkylation sites (tertiary alicyclic amines) is 1. The number of rotatable bonds is 6. The second-order valence-electron chi connectivity index (χ2n) is 13.4. The Hall–Kier alpha value is -3.31. The number of carboxylic acid groups (broad SMARTS) is 1. The molecule has 1 fully saturated rings. The molecule has 40 heavy (non-hydrogen) atoms. The molecule has 2 unspecified atom stereocenters. The lowest BCUT2D eigenvalue weighted by Crippen LogP contribution is -2.47. The quantitative estimate of drug-likeness (QED) is 0.344. The van der Waals surface area contributed by atoms with E-state index >= 15 is 0 Å². The molecule has 0 N–H and O–H groups in total. The predicted molar refractivity (Wildman–Crippen MR) is 164 cm³/mol. The van der Waals surface area contributed by atoms with E-state index in [0.29, 0.717) is 11.5 Å². The number of nitrogens with zero attached hydrogens (tertiary/aromatic N) is 2. The highest BCUT2D eigenvalue weighted by atomic mass is 16.5. The van der Waals surface area contributed by atoms with Gasteiger partial charge in [-0.25, -0.2) is 0 Å². The van der Waals surface area contributed by atoms with Crippen LogP contribution in [0.3, 0.4) is 0 Å². The summed E-state index contributed by atoms with van der Waals surface area (Å²) in [5.41, 5.74) is 5.53. The van der Waals surface area contributed by atoms with Crippen LogP contribution in [0.1, 0.15) is 76.4 Å². The Morgan fingerprint density at radius 3 is 2.02 bits per heavy atom. The lowest BCUT2D eigenvalue weighted by atomic mass is 9.73. The monoisotopic (exact) mass is 541 g/mol. The maximum atomic E-state index is 12.6. The van der Waals surface area contributed by atoms with Gasteiger partial charge in [-0.3, -0.25) is 0 Å². The van der Waals surface area contributed by atoms with Crippen molar-refractivity contribution < 1.29 is 14.6 Å². The first kappa shape index (κ1) is 29.7. The molecule has 0 amide bonds. The molecule has 0 spiro atoms. The molecule has 4 rings (SSSR count). The van der Waals surface area contributed by atoms with Gasteiger partial charge in [0, 0.05) is 29.5 Å². The van der Waals surface area contributed by atoms with Gasteiger partial charge in [0.05, 0.1) is 13.1 Å². The van der Waals surface area contributed by atoms with Gasteiger partial charge in [0.25, 0.3) is 0 Å². The minimum absolute atomic E-state index is 0.203. The van der Waals surface area contributed by atoms with Gasteiger partial charge in [-0.2, -0.15) is 0 Å². The molecular formula is C35H45N2O3-. The first-order chi connectivity index (χ1) is 18.7. The number of piperidine rings is 1. The summed E-state index contributed by atoms with van der Waals surface area (Å²) in [6.07, 6.45) is 1.02. The first-order valence-electron chi connectivity index (χ1n) is 14.3. The van der Waals surface area contributed by atoms with Crippen molar-refractivity contribution in [3.05, 3.63) is 77.4 Å². The van der Waals surface area contributed by atoms with Crippen molar-refractivity contribution in [2.75, 3.05) is 32.1 Å². The van der Waals surface area contributed by atoms with Crippen LogP contribution in [0.5, 0.6) is 5.75 Å². The SMILES string of the molecule is COc1cc(C(C)(C)C)c(-c2cc(N(c3ccccc3)C3CCN(C)CC3C)ccc2C(=O)[O-])c(C(C)(C)C)c1. The molecule has 0 bridgehead atoms. The zero-order valence-electron chi connectivity index (χ0n) is 25.7. The Bertz CT molecular complexity index is 1320. The zero-order chi connectivity index (χ0) is 29.4. The second kappa shape index (κ2) is 11.3. The summed E-state index contributed by atoms with van der Waals surface area (Å²) < 4.78 is 5.73. The van der Waals surface area contributed by atoms with Crippen LogP contribution in [0.2, 0.25) is 0 Å². The maximum absolute atomic E-state index is 12.6. The van der Waals surface area contributed by atoms with Gasteiger partial charge < -0.3 is 24.4 Å². The Balaban J connectivity index is 2.05. The van der Waals surface area contributed by atoms with Crippen LogP contribution in [0.25, 0.3) is 11.1 Å². The van der Waals surface area contributed by atoms with Gasteiger partial charge >= 0.3 is 0 Å². The summed E-state index contributed by atoms with van der Waals surface area (Å²) in [4.78, 5) is 17.4. The molecule has 0 aliphatic carbocycles. The average Bonchev–Trinajstić information content (AvgIpc) is 2.88. The average molecular weight is 542 g/mol. The smallest absolute Gasteiger partial charge is 0.119 e. The number of carbonyl (C=O) groups is 1. The molecule has 2 atom stereocenters. The summed E-state index contributed by atoms with van der Waals surface area (Å²) in [6, 6.07) is 20.6. The Morgan fingerprint density at radius 2 is 1.52 bits per heavy atom. The fourth-order valence-corrected chi connectivity index (χ4v) is 6.12. The molecule has 1 heterocycles. The largest absolute Gasteiger partial charge is 0.545 e. The van der Waals surface area contributed by atoms with Crippen LogP contribution < -0.4 is 14.7 Å². The zero-order valence-corrected chi connectivity index (χ0v) is 25.7. The highest BCUT2D eigenvalue weighted by Crippen LogP contribution is 2.46. The van der Waals surface area contributed by atoms with E-state index in [2.05, 4.69) is 108 Å². The third-order valence-electron chi connectivity index (χ3n) is 8.16. The third kappa shape index (κ3) is 6.05. The molecule has 1 aliphatic heterocycles. The van der Waals surface area contributed by atoms with Crippen LogP contribution in [-0.2, 0) is 10.8 Å². The molecule has 0 radical (unpaired) electrons. The maximum Gasteiger partial charge on any atom is 0.119 e. The highest BCUT2D eigenvalue weighted by molar-refractivity contribution is 5.98. The normalized spacial score (nSPS) is 18.4. The minimum atomic E-state index is -1.17. The summed E-state index contributed by atoms with van der Waals surface area (Å²) in [5, 5.41) is 12.6. The molecule has 214 valence electrons. The van der Waals surface area contributed by atoms with Crippen LogP contribution >= 0.6 is 0 Å². The fourth-order valence-electron chi connectivity index (χ4n) is 6.12. The van der Waals surface area contributed by atoms with Gasteiger partial charge in [-0.15, -0.1) is 0 Å². The van der Waals surface area contributed by atoms with Gasteiger partial charge in [0.15, 0.2) is 0 Å². The number of aromatic carboxylic acids is 1. The van der Waals surface area contributed by atoms with Crippen molar-refractivity contribution in [1.29, 1.82) is 0 Å². The van der Waals surface area contributed by atoms with Gasteiger partial charge in [-0.1, -0.05) is 72.7 Å². The first-order valence-corrected chi connectivity index (χ1v) is 14.3. The number of carbonyl (C=O) groups excluding carboxylic acids is 1. The lowest BCUT2D eigenvalue weighted by Gasteiger charge is -2.43. The van der Waals surface area contributed by atoms with Crippen LogP contribution in [0.15, 0.2) is 60.7 Å². The summed E-state index contributed by atoms with van der Waals surface area (Å²) in [5.74, 6) is 0.0336. The molecule has 1 saturated heterocycles. The molecule has 1 aliphatic rings. The van der Waals surface area contributed by atoms with Crippen molar-refractivity contribution in [1.82, 2.24) is 4.90 Å². The van der Waals surface area contributed by atoms with Crippen molar-refractivity contribution in [2.45, 2.75) is 71.8 Å². The van der Waals surface area contributed by atoms with Crippen molar-refractivity contribution >= 4 is 17.3 Å². The van der Waals surface area contributed by atoms with Gasteiger partial charge in [0.2, 0.25) is 0 Å². The number of hydrogen-bond donors (Lipinski definition) is 0. The second-order valence-corrected chi connectivity index (χ2v) is 13.4. The van der Waals surface area contributed by atoms with Crippen LogP contribution in [-0.4, -0.2) is 44.2 Å². The number of carboxylic acids is 1. The number of para-hydroxylation sites is 1. The molecule has 0 aromatic heterocycles.